The Morgan fingerprint density at radius 1 is 1.03 bits per heavy atom. The quantitative estimate of drug-likeness (QED) is 0.155. The molecule has 2 N–H and O–H groups in total. The van der Waals surface area contributed by atoms with E-state index >= 15 is 0 Å². The lowest BCUT2D eigenvalue weighted by molar-refractivity contribution is -0.385. The maximum Gasteiger partial charge on any atom is 0.270 e. The third-order valence-corrected chi connectivity index (χ3v) is 6.27. The molecule has 3 rings (SSSR count). The minimum absolute atomic E-state index is 0.0763. The van der Waals surface area contributed by atoms with E-state index < -0.39 is 14.9 Å². The van der Waals surface area contributed by atoms with Gasteiger partial charge in [0, 0.05) is 17.8 Å². The molecular formula is C24H26N4O6S. The van der Waals surface area contributed by atoms with Gasteiger partial charge in [-0.1, -0.05) is 13.3 Å². The summed E-state index contributed by atoms with van der Waals surface area (Å²) in [6.45, 7) is 2.74. The molecule has 0 atom stereocenters. The molecule has 0 spiro atoms. The number of hydrogen-bond acceptors (Lipinski definition) is 8. The molecule has 0 radical (unpaired) electrons. The SMILES string of the molecule is CCCCOc1ccc(C=NNc2ccc([N+](=O)[O-])cc2S(=O)(=O)Nc2ccc(OC)cc2)cc1. The van der Waals surface area contributed by atoms with Gasteiger partial charge in [0.05, 0.1) is 30.5 Å². The summed E-state index contributed by atoms with van der Waals surface area (Å²) in [5, 5.41) is 15.3. The van der Waals surface area contributed by atoms with Crippen LogP contribution in [0.25, 0.3) is 0 Å². The highest BCUT2D eigenvalue weighted by Crippen LogP contribution is 2.29. The lowest BCUT2D eigenvalue weighted by Crippen LogP contribution is -2.15. The summed E-state index contributed by atoms with van der Waals surface area (Å²) >= 11 is 0. The fraction of sp³-hybridized carbons (Fsp3) is 0.208. The van der Waals surface area contributed by atoms with Crippen LogP contribution < -0.4 is 19.6 Å². The number of nitrogens with zero attached hydrogens (tertiary/aromatic N) is 2. The van der Waals surface area contributed by atoms with Gasteiger partial charge in [0.2, 0.25) is 0 Å². The highest BCUT2D eigenvalue weighted by molar-refractivity contribution is 7.92. The fourth-order valence-electron chi connectivity index (χ4n) is 2.97. The molecule has 0 bridgehead atoms. The Hall–Kier alpha value is -4.12. The first-order chi connectivity index (χ1) is 16.8. The average Bonchev–Trinajstić information content (AvgIpc) is 2.85. The number of nitro groups is 1. The number of sulfonamides is 1. The molecular weight excluding hydrogens is 472 g/mol. The number of nitrogens with one attached hydrogen (secondary N) is 2. The van der Waals surface area contributed by atoms with Crippen LogP contribution in [0.1, 0.15) is 25.3 Å². The number of anilines is 2. The number of nitro benzene ring substituents is 1. The van der Waals surface area contributed by atoms with Crippen molar-refractivity contribution < 1.29 is 22.8 Å². The minimum atomic E-state index is -4.18. The molecule has 11 heteroatoms. The van der Waals surface area contributed by atoms with Gasteiger partial charge in [0.25, 0.3) is 15.7 Å². The van der Waals surface area contributed by atoms with Gasteiger partial charge in [-0.15, -0.1) is 0 Å². The van der Waals surface area contributed by atoms with Crippen molar-refractivity contribution in [1.82, 2.24) is 0 Å². The minimum Gasteiger partial charge on any atom is -0.497 e. The van der Waals surface area contributed by atoms with Crippen molar-refractivity contribution in [3.05, 3.63) is 82.4 Å². The van der Waals surface area contributed by atoms with Gasteiger partial charge >= 0.3 is 0 Å². The van der Waals surface area contributed by atoms with Crippen molar-refractivity contribution in [2.24, 2.45) is 5.10 Å². The zero-order valence-corrected chi connectivity index (χ0v) is 20.1. The standard InChI is InChI=1S/C24H26N4O6S/c1-3-4-15-34-22-10-5-18(6-11-22)17-25-26-23-14-9-20(28(29)30)16-24(23)35(31,32)27-19-7-12-21(33-2)13-8-19/h5-14,16-17,26-27H,3-4,15H2,1-2H3. The summed E-state index contributed by atoms with van der Waals surface area (Å²) in [5.41, 5.74) is 3.40. The summed E-state index contributed by atoms with van der Waals surface area (Å²) in [6, 6.07) is 17.0. The van der Waals surface area contributed by atoms with E-state index in [1.807, 2.05) is 24.3 Å². The van der Waals surface area contributed by atoms with E-state index in [4.69, 9.17) is 9.47 Å². The Labute approximate surface area is 203 Å². The zero-order valence-electron chi connectivity index (χ0n) is 19.3. The summed E-state index contributed by atoms with van der Waals surface area (Å²) in [7, 11) is -2.68. The second-order valence-electron chi connectivity index (χ2n) is 7.41. The van der Waals surface area contributed by atoms with Gasteiger partial charge in [0.15, 0.2) is 0 Å². The topological polar surface area (TPSA) is 132 Å². The van der Waals surface area contributed by atoms with Crippen molar-refractivity contribution in [2.75, 3.05) is 23.9 Å². The number of hydrogen-bond donors (Lipinski definition) is 2. The smallest absolute Gasteiger partial charge is 0.270 e. The first-order valence-corrected chi connectivity index (χ1v) is 12.3. The van der Waals surface area contributed by atoms with Crippen LogP contribution in [0.3, 0.4) is 0 Å². The zero-order chi connectivity index (χ0) is 25.3. The Morgan fingerprint density at radius 2 is 1.71 bits per heavy atom. The first kappa shape index (κ1) is 25.5. The van der Waals surface area contributed by atoms with Crippen LogP contribution in [0, 0.1) is 10.1 Å². The largest absolute Gasteiger partial charge is 0.497 e. The van der Waals surface area contributed by atoms with E-state index in [9.17, 15) is 18.5 Å². The van der Waals surface area contributed by atoms with Crippen molar-refractivity contribution in [3.63, 3.8) is 0 Å². The van der Waals surface area contributed by atoms with E-state index in [-0.39, 0.29) is 22.0 Å². The van der Waals surface area contributed by atoms with Crippen LogP contribution in [0.4, 0.5) is 17.1 Å². The van der Waals surface area contributed by atoms with Crippen molar-refractivity contribution in [2.45, 2.75) is 24.7 Å². The van der Waals surface area contributed by atoms with E-state index in [1.54, 1.807) is 12.1 Å². The molecule has 0 aliphatic heterocycles. The summed E-state index contributed by atoms with van der Waals surface area (Å²) in [4.78, 5) is 10.3. The van der Waals surface area contributed by atoms with Gasteiger partial charge in [-0.05, 0) is 66.6 Å². The van der Waals surface area contributed by atoms with Crippen molar-refractivity contribution >= 4 is 33.3 Å². The average molecular weight is 499 g/mol. The second-order valence-corrected chi connectivity index (χ2v) is 9.06. The van der Waals surface area contributed by atoms with Gasteiger partial charge in [-0.25, -0.2) is 8.42 Å². The number of benzene rings is 3. The maximum atomic E-state index is 13.1. The van der Waals surface area contributed by atoms with Crippen molar-refractivity contribution in [1.29, 1.82) is 0 Å². The molecule has 0 fully saturated rings. The van der Waals surface area contributed by atoms with Crippen LogP contribution in [-0.2, 0) is 10.0 Å². The molecule has 0 unspecified atom stereocenters. The molecule has 0 saturated carbocycles. The van der Waals surface area contributed by atoms with Crippen molar-refractivity contribution in [3.8, 4) is 11.5 Å². The Balaban J connectivity index is 1.79. The van der Waals surface area contributed by atoms with E-state index in [0.717, 1.165) is 30.2 Å². The maximum absolute atomic E-state index is 13.1. The lowest BCUT2D eigenvalue weighted by Gasteiger charge is -2.12. The third kappa shape index (κ3) is 7.18. The molecule has 0 saturated heterocycles. The molecule has 0 heterocycles. The van der Waals surface area contributed by atoms with Crippen LogP contribution >= 0.6 is 0 Å². The van der Waals surface area contributed by atoms with Crippen LogP contribution in [0.5, 0.6) is 11.5 Å². The molecule has 10 nitrogen and oxygen atoms in total. The Morgan fingerprint density at radius 3 is 2.34 bits per heavy atom. The number of rotatable bonds is 12. The lowest BCUT2D eigenvalue weighted by atomic mass is 10.2. The van der Waals surface area contributed by atoms with Crippen LogP contribution in [0.15, 0.2) is 76.7 Å². The molecule has 35 heavy (non-hydrogen) atoms. The molecule has 184 valence electrons. The van der Waals surface area contributed by atoms with Gasteiger partial charge < -0.3 is 9.47 Å². The molecule has 3 aromatic carbocycles. The highest BCUT2D eigenvalue weighted by atomic mass is 32.2. The third-order valence-electron chi connectivity index (χ3n) is 4.85. The van der Waals surface area contributed by atoms with E-state index in [1.165, 1.54) is 37.6 Å². The number of non-ortho nitro benzene ring substituents is 1. The monoisotopic (exact) mass is 498 g/mol. The number of ether oxygens (including phenoxy) is 2. The van der Waals surface area contributed by atoms with E-state index in [0.29, 0.717) is 12.4 Å². The number of unbranched alkanes of at least 4 members (excludes halogenated alkanes) is 1. The van der Waals surface area contributed by atoms with Crippen LogP contribution in [0.2, 0.25) is 0 Å². The predicted molar refractivity (Wildman–Crippen MR) is 135 cm³/mol. The summed E-state index contributed by atoms with van der Waals surface area (Å²) < 4.78 is 39.2. The predicted octanol–water partition coefficient (Wildman–Crippen LogP) is 5.03. The second kappa shape index (κ2) is 11.8. The number of hydrazone groups is 1. The molecule has 0 aliphatic rings. The Kier molecular flexibility index (Phi) is 8.63. The number of methoxy groups -OCH3 is 1. The molecule has 0 amide bonds. The van der Waals surface area contributed by atoms with Gasteiger partial charge in [-0.3, -0.25) is 20.3 Å². The molecule has 0 aromatic heterocycles. The van der Waals surface area contributed by atoms with Gasteiger partial charge in [-0.2, -0.15) is 5.10 Å². The highest BCUT2D eigenvalue weighted by Gasteiger charge is 2.22. The Bertz CT molecular complexity index is 1280. The fourth-order valence-corrected chi connectivity index (χ4v) is 4.20. The first-order valence-electron chi connectivity index (χ1n) is 10.8. The molecule has 3 aromatic rings. The normalized spacial score (nSPS) is 11.3. The summed E-state index contributed by atoms with van der Waals surface area (Å²) in [6.07, 6.45) is 3.53. The van der Waals surface area contributed by atoms with Crippen LogP contribution in [-0.4, -0.2) is 33.3 Å². The molecule has 0 aliphatic carbocycles. The summed E-state index contributed by atoms with van der Waals surface area (Å²) in [5.74, 6) is 1.30. The van der Waals surface area contributed by atoms with Gasteiger partial charge in [0.1, 0.15) is 16.4 Å². The van der Waals surface area contributed by atoms with E-state index in [2.05, 4.69) is 22.2 Å².